The predicted molar refractivity (Wildman–Crippen MR) is 90.6 cm³/mol. The Morgan fingerprint density at radius 2 is 2.12 bits per heavy atom. The van der Waals surface area contributed by atoms with Gasteiger partial charge in [-0.25, -0.2) is 0 Å². The third-order valence-corrected chi connectivity index (χ3v) is 4.62. The molecule has 0 radical (unpaired) electrons. The Kier molecular flexibility index (Phi) is 3.76. The number of aromatic nitrogens is 1. The van der Waals surface area contributed by atoms with Gasteiger partial charge in [0.15, 0.2) is 11.2 Å². The van der Waals surface area contributed by atoms with E-state index in [4.69, 9.17) is 18.3 Å². The van der Waals surface area contributed by atoms with Crippen molar-refractivity contribution in [2.24, 2.45) is 0 Å². The van der Waals surface area contributed by atoms with Crippen LogP contribution in [0.2, 0.25) is 0 Å². The average molecular weight is 346 g/mol. The van der Waals surface area contributed by atoms with Gasteiger partial charge in [0.1, 0.15) is 11.1 Å². The molecule has 3 aromatic rings. The largest absolute Gasteiger partial charge is 0.495 e. The first kappa shape index (κ1) is 15.8. The smallest absolute Gasteiger partial charge is 0.301 e. The Labute approximate surface area is 142 Å². The highest BCUT2D eigenvalue weighted by atomic mass is 16.5. The Bertz CT molecular complexity index is 992. The first-order valence-electron chi connectivity index (χ1n) is 8.03. The topological polar surface area (TPSA) is 98.2 Å². The molecule has 1 aliphatic rings. The van der Waals surface area contributed by atoms with Gasteiger partial charge in [-0.05, 0) is 18.9 Å². The number of furan rings is 1. The lowest BCUT2D eigenvalue weighted by atomic mass is 10.1. The maximum Gasteiger partial charge on any atom is 0.301 e. The van der Waals surface area contributed by atoms with Crippen molar-refractivity contribution in [1.29, 1.82) is 0 Å². The lowest BCUT2D eigenvalue weighted by Crippen LogP contribution is -2.33. The summed E-state index contributed by atoms with van der Waals surface area (Å²) in [6.07, 6.45) is 3.21. The van der Waals surface area contributed by atoms with Gasteiger partial charge in [0.25, 0.3) is 5.56 Å². The fraction of sp³-hybridized carbons (Fsp3) is 0.412. The van der Waals surface area contributed by atoms with Crippen molar-refractivity contribution in [2.75, 3.05) is 32.3 Å². The van der Waals surface area contributed by atoms with E-state index in [-0.39, 0.29) is 29.6 Å². The number of hydrogen-bond acceptors (Lipinski definition) is 8. The number of methoxy groups -OCH3 is 2. The van der Waals surface area contributed by atoms with E-state index in [1.807, 2.05) is 0 Å². The summed E-state index contributed by atoms with van der Waals surface area (Å²) in [5.74, 6) is 0.656. The van der Waals surface area contributed by atoms with E-state index in [1.165, 1.54) is 20.5 Å². The molecule has 0 aliphatic carbocycles. The van der Waals surface area contributed by atoms with E-state index in [1.54, 1.807) is 11.0 Å². The zero-order chi connectivity index (χ0) is 17.6. The Morgan fingerprint density at radius 3 is 2.84 bits per heavy atom. The summed E-state index contributed by atoms with van der Waals surface area (Å²) in [6, 6.07) is 1.75. The number of fused-ring (bicyclic) bond motifs is 2. The Hall–Kier alpha value is -2.74. The minimum atomic E-state index is -0.474. The summed E-state index contributed by atoms with van der Waals surface area (Å²) >= 11 is 0. The SMILES string of the molecule is COc1c2occc2c(OC)c2c(=O)nc(N3CCCC3CO)oc12. The highest BCUT2D eigenvalue weighted by molar-refractivity contribution is 6.06. The maximum absolute atomic E-state index is 12.7. The highest BCUT2D eigenvalue weighted by Crippen LogP contribution is 2.42. The fourth-order valence-corrected chi connectivity index (χ4v) is 3.46. The van der Waals surface area contributed by atoms with Crippen molar-refractivity contribution in [3.05, 3.63) is 22.7 Å². The molecule has 8 heteroatoms. The van der Waals surface area contributed by atoms with Crippen LogP contribution in [0.4, 0.5) is 6.01 Å². The summed E-state index contributed by atoms with van der Waals surface area (Å²) in [5.41, 5.74) is 0.186. The maximum atomic E-state index is 12.7. The van der Waals surface area contributed by atoms with Gasteiger partial charge >= 0.3 is 6.01 Å². The van der Waals surface area contributed by atoms with Crippen LogP contribution < -0.4 is 19.9 Å². The number of ether oxygens (including phenoxy) is 2. The van der Waals surface area contributed by atoms with Crippen LogP contribution in [-0.2, 0) is 0 Å². The molecule has 2 aromatic heterocycles. The highest BCUT2D eigenvalue weighted by Gasteiger charge is 2.30. The number of nitrogens with zero attached hydrogens (tertiary/aromatic N) is 2. The van der Waals surface area contributed by atoms with Gasteiger partial charge in [-0.15, -0.1) is 0 Å². The fourth-order valence-electron chi connectivity index (χ4n) is 3.46. The van der Waals surface area contributed by atoms with Crippen LogP contribution in [-0.4, -0.2) is 43.5 Å². The molecule has 0 bridgehead atoms. The summed E-state index contributed by atoms with van der Waals surface area (Å²) in [6.45, 7) is 0.635. The normalized spacial score (nSPS) is 17.6. The van der Waals surface area contributed by atoms with Crippen LogP contribution in [0.5, 0.6) is 11.5 Å². The van der Waals surface area contributed by atoms with Gasteiger partial charge in [0.2, 0.25) is 5.75 Å². The van der Waals surface area contributed by atoms with E-state index in [0.717, 1.165) is 12.8 Å². The molecule has 0 saturated carbocycles. The molecule has 1 N–H and O–H groups in total. The Balaban J connectivity index is 2.05. The number of rotatable bonds is 4. The van der Waals surface area contributed by atoms with E-state index in [2.05, 4.69) is 4.98 Å². The third kappa shape index (κ3) is 2.25. The zero-order valence-corrected chi connectivity index (χ0v) is 13.9. The molecule has 1 aromatic carbocycles. The lowest BCUT2D eigenvalue weighted by Gasteiger charge is -2.22. The molecule has 1 unspecified atom stereocenters. The molecular weight excluding hydrogens is 328 g/mol. The first-order chi connectivity index (χ1) is 12.2. The van der Waals surface area contributed by atoms with Gasteiger partial charge in [-0.2, -0.15) is 4.98 Å². The van der Waals surface area contributed by atoms with Crippen molar-refractivity contribution in [2.45, 2.75) is 18.9 Å². The molecule has 3 heterocycles. The minimum Gasteiger partial charge on any atom is -0.495 e. The summed E-state index contributed by atoms with van der Waals surface area (Å²) < 4.78 is 22.3. The summed E-state index contributed by atoms with van der Waals surface area (Å²) in [7, 11) is 2.96. The molecular formula is C17H18N2O6. The van der Waals surface area contributed by atoms with Crippen LogP contribution in [0, 0.1) is 0 Å². The number of aliphatic hydroxyl groups excluding tert-OH is 1. The van der Waals surface area contributed by atoms with Crippen molar-refractivity contribution in [1.82, 2.24) is 4.98 Å². The van der Waals surface area contributed by atoms with Gasteiger partial charge in [-0.3, -0.25) is 4.79 Å². The lowest BCUT2D eigenvalue weighted by molar-refractivity contribution is 0.263. The van der Waals surface area contributed by atoms with Gasteiger partial charge in [0.05, 0.1) is 38.5 Å². The molecule has 0 spiro atoms. The van der Waals surface area contributed by atoms with Gasteiger partial charge in [-0.1, -0.05) is 0 Å². The quantitative estimate of drug-likeness (QED) is 0.765. The number of hydrogen-bond donors (Lipinski definition) is 1. The molecule has 1 fully saturated rings. The molecule has 4 rings (SSSR count). The standard InChI is InChI=1S/C17H18N2O6/c1-22-12-10-5-7-24-13(10)15(23-2)14-11(12)16(21)18-17(25-14)19-6-3-4-9(19)8-20/h5,7,9,20H,3-4,6,8H2,1-2H3. The second kappa shape index (κ2) is 5.96. The number of benzene rings is 1. The third-order valence-electron chi connectivity index (χ3n) is 4.62. The monoisotopic (exact) mass is 346 g/mol. The molecule has 1 atom stereocenters. The van der Waals surface area contributed by atoms with E-state index in [0.29, 0.717) is 29.0 Å². The van der Waals surface area contributed by atoms with E-state index < -0.39 is 5.56 Å². The van der Waals surface area contributed by atoms with E-state index in [9.17, 15) is 9.90 Å². The molecule has 1 aliphatic heterocycles. The van der Waals surface area contributed by atoms with Crippen LogP contribution in [0.25, 0.3) is 21.9 Å². The summed E-state index contributed by atoms with van der Waals surface area (Å²) in [4.78, 5) is 18.6. The van der Waals surface area contributed by atoms with Crippen LogP contribution in [0.3, 0.4) is 0 Å². The molecule has 132 valence electrons. The Morgan fingerprint density at radius 1 is 1.32 bits per heavy atom. The minimum absolute atomic E-state index is 0.0267. The second-order valence-electron chi connectivity index (χ2n) is 5.91. The van der Waals surface area contributed by atoms with Crippen molar-refractivity contribution in [3.8, 4) is 11.5 Å². The number of aliphatic hydroxyl groups is 1. The number of anilines is 1. The second-order valence-corrected chi connectivity index (χ2v) is 5.91. The molecule has 8 nitrogen and oxygen atoms in total. The molecule has 1 saturated heterocycles. The average Bonchev–Trinajstić information content (AvgIpc) is 3.28. The predicted octanol–water partition coefficient (Wildman–Crippen LogP) is 1.91. The van der Waals surface area contributed by atoms with Crippen molar-refractivity contribution >= 4 is 28.0 Å². The van der Waals surface area contributed by atoms with Gasteiger partial charge < -0.3 is 28.3 Å². The van der Waals surface area contributed by atoms with E-state index >= 15 is 0 Å². The van der Waals surface area contributed by atoms with Crippen LogP contribution >= 0.6 is 0 Å². The molecule has 25 heavy (non-hydrogen) atoms. The summed E-state index contributed by atoms with van der Waals surface area (Å²) in [5, 5.41) is 10.3. The van der Waals surface area contributed by atoms with Crippen molar-refractivity contribution in [3.63, 3.8) is 0 Å². The first-order valence-corrected chi connectivity index (χ1v) is 8.03. The molecule has 0 amide bonds. The van der Waals surface area contributed by atoms with Crippen LogP contribution in [0.15, 0.2) is 26.0 Å². The van der Waals surface area contributed by atoms with Crippen molar-refractivity contribution < 1.29 is 23.4 Å². The zero-order valence-electron chi connectivity index (χ0n) is 13.9. The van der Waals surface area contributed by atoms with Gasteiger partial charge in [0, 0.05) is 6.54 Å². The van der Waals surface area contributed by atoms with Crippen LogP contribution in [0.1, 0.15) is 12.8 Å².